The fraction of sp³-hybridized carbons (Fsp3) is 0. The van der Waals surface area contributed by atoms with Crippen molar-refractivity contribution < 1.29 is 0 Å². The average Bonchev–Trinajstić information content (AvgIpc) is 2.94. The van der Waals surface area contributed by atoms with Gasteiger partial charge in [0.05, 0.1) is 15.6 Å². The summed E-state index contributed by atoms with van der Waals surface area (Å²) in [4.78, 5) is 0. The summed E-state index contributed by atoms with van der Waals surface area (Å²) in [6.45, 7) is 0. The van der Waals surface area contributed by atoms with E-state index in [4.69, 9.17) is 39.9 Å². The lowest BCUT2D eigenvalue weighted by Gasteiger charge is -2.09. The van der Waals surface area contributed by atoms with Crippen LogP contribution in [0.2, 0.25) is 15.1 Å². The third kappa shape index (κ3) is 3.06. The monoisotopic (exact) mass is 450 g/mol. The maximum absolute atomic E-state index is 6.41. The van der Waals surface area contributed by atoms with Gasteiger partial charge in [-0.25, -0.2) is 4.68 Å². The molecule has 0 N–H and O–H groups in total. The molecule has 0 aliphatic rings. The van der Waals surface area contributed by atoms with Crippen molar-refractivity contribution in [2.45, 2.75) is 0 Å². The molecule has 1 aromatic heterocycles. The van der Waals surface area contributed by atoms with Crippen molar-refractivity contribution in [3.63, 3.8) is 0 Å². The molecular formula is C19H10BrCl3N2. The van der Waals surface area contributed by atoms with Crippen LogP contribution in [0.1, 0.15) is 0 Å². The lowest BCUT2D eigenvalue weighted by molar-refractivity contribution is 0.915. The van der Waals surface area contributed by atoms with E-state index in [2.05, 4.69) is 15.9 Å². The zero-order valence-corrected chi connectivity index (χ0v) is 16.5. The first-order valence-corrected chi connectivity index (χ1v) is 9.36. The summed E-state index contributed by atoms with van der Waals surface area (Å²) in [6, 6.07) is 19.3. The summed E-state index contributed by atoms with van der Waals surface area (Å²) >= 11 is 22.3. The van der Waals surface area contributed by atoms with Gasteiger partial charge in [-0.2, -0.15) is 5.10 Å². The van der Waals surface area contributed by atoms with Crippen molar-refractivity contribution in [2.75, 3.05) is 0 Å². The Hall–Kier alpha value is -1.52. The van der Waals surface area contributed by atoms with Gasteiger partial charge < -0.3 is 0 Å². The minimum absolute atomic E-state index is 0.452. The van der Waals surface area contributed by atoms with Crippen molar-refractivity contribution >= 4 is 61.6 Å². The quantitative estimate of drug-likeness (QED) is 0.309. The maximum atomic E-state index is 6.41. The minimum Gasteiger partial charge on any atom is -0.229 e. The third-order valence-electron chi connectivity index (χ3n) is 3.90. The smallest absolute Gasteiger partial charge is 0.103 e. The van der Waals surface area contributed by atoms with Crippen LogP contribution in [-0.2, 0) is 0 Å². The average molecular weight is 453 g/mol. The maximum Gasteiger partial charge on any atom is 0.103 e. The fourth-order valence-corrected chi connectivity index (χ4v) is 4.04. The van der Waals surface area contributed by atoms with E-state index in [1.54, 1.807) is 16.8 Å². The Kier molecular flexibility index (Phi) is 4.50. The number of benzene rings is 3. The summed E-state index contributed by atoms with van der Waals surface area (Å²) in [6.07, 6.45) is 0. The molecule has 0 atom stereocenters. The summed E-state index contributed by atoms with van der Waals surface area (Å²) in [5.74, 6) is 0. The molecular weight excluding hydrogens is 442 g/mol. The summed E-state index contributed by atoms with van der Waals surface area (Å²) in [5, 5.41) is 7.21. The van der Waals surface area contributed by atoms with Crippen LogP contribution in [0.3, 0.4) is 0 Å². The van der Waals surface area contributed by atoms with Crippen LogP contribution >= 0.6 is 50.7 Å². The van der Waals surface area contributed by atoms with Crippen molar-refractivity contribution in [2.24, 2.45) is 0 Å². The van der Waals surface area contributed by atoms with E-state index in [1.165, 1.54) is 0 Å². The van der Waals surface area contributed by atoms with Crippen molar-refractivity contribution in [3.05, 3.63) is 80.2 Å². The van der Waals surface area contributed by atoms with Crippen molar-refractivity contribution in [3.8, 4) is 16.9 Å². The topological polar surface area (TPSA) is 17.8 Å². The molecule has 124 valence electrons. The first-order valence-electron chi connectivity index (χ1n) is 7.43. The van der Waals surface area contributed by atoms with Gasteiger partial charge >= 0.3 is 0 Å². The number of aromatic nitrogens is 2. The largest absolute Gasteiger partial charge is 0.229 e. The highest BCUT2D eigenvalue weighted by molar-refractivity contribution is 9.10. The summed E-state index contributed by atoms with van der Waals surface area (Å²) < 4.78 is 2.79. The predicted octanol–water partition coefficient (Wildman–Crippen LogP) is 7.42. The van der Waals surface area contributed by atoms with Gasteiger partial charge in [0.25, 0.3) is 0 Å². The van der Waals surface area contributed by atoms with Crippen molar-refractivity contribution in [1.29, 1.82) is 0 Å². The molecule has 3 aromatic carbocycles. The van der Waals surface area contributed by atoms with Gasteiger partial charge in [0.15, 0.2) is 0 Å². The number of rotatable bonds is 2. The van der Waals surface area contributed by atoms with E-state index in [0.29, 0.717) is 20.8 Å². The number of nitrogens with zero attached hydrogens (tertiary/aromatic N) is 2. The lowest BCUT2D eigenvalue weighted by atomic mass is 10.1. The molecule has 25 heavy (non-hydrogen) atoms. The van der Waals surface area contributed by atoms with E-state index in [1.807, 2.05) is 48.5 Å². The standard InChI is InChI=1S/C19H10BrCl3N2/c20-12-7-5-11(6-8-12)18-14-3-1-2-4-17(14)25(24-18)19-15(22)9-13(21)10-16(19)23/h1-10H. The lowest BCUT2D eigenvalue weighted by Crippen LogP contribution is -1.99. The van der Waals surface area contributed by atoms with Crippen LogP contribution in [0.4, 0.5) is 0 Å². The molecule has 0 radical (unpaired) electrons. The van der Waals surface area contributed by atoms with E-state index in [-0.39, 0.29) is 0 Å². The fourth-order valence-electron chi connectivity index (χ4n) is 2.79. The molecule has 1 heterocycles. The molecule has 6 heteroatoms. The van der Waals surface area contributed by atoms with Gasteiger partial charge in [-0.05, 0) is 30.3 Å². The molecule has 4 aromatic rings. The first kappa shape index (κ1) is 16.9. The molecule has 0 fully saturated rings. The van der Waals surface area contributed by atoms with Gasteiger partial charge in [-0.1, -0.05) is 81.1 Å². The van der Waals surface area contributed by atoms with Crippen LogP contribution in [0.25, 0.3) is 27.8 Å². The Balaban J connectivity index is 2.02. The third-order valence-corrected chi connectivity index (χ3v) is 5.22. The van der Waals surface area contributed by atoms with E-state index in [0.717, 1.165) is 26.6 Å². The Morgan fingerprint density at radius 2 is 1.48 bits per heavy atom. The Morgan fingerprint density at radius 3 is 2.16 bits per heavy atom. The number of hydrogen-bond acceptors (Lipinski definition) is 1. The second-order valence-electron chi connectivity index (χ2n) is 5.50. The predicted molar refractivity (Wildman–Crippen MR) is 109 cm³/mol. The number of hydrogen-bond donors (Lipinski definition) is 0. The van der Waals surface area contributed by atoms with Crippen LogP contribution in [0, 0.1) is 0 Å². The highest BCUT2D eigenvalue weighted by atomic mass is 79.9. The second kappa shape index (κ2) is 6.65. The van der Waals surface area contributed by atoms with E-state index >= 15 is 0 Å². The molecule has 2 nitrogen and oxygen atoms in total. The number of fused-ring (bicyclic) bond motifs is 1. The van der Waals surface area contributed by atoms with Crippen LogP contribution in [0.15, 0.2) is 65.1 Å². The van der Waals surface area contributed by atoms with Crippen molar-refractivity contribution in [1.82, 2.24) is 9.78 Å². The van der Waals surface area contributed by atoms with Crippen LogP contribution < -0.4 is 0 Å². The molecule has 0 aliphatic heterocycles. The molecule has 0 bridgehead atoms. The van der Waals surface area contributed by atoms with E-state index in [9.17, 15) is 0 Å². The SMILES string of the molecule is Clc1cc(Cl)c(-n2nc(-c3ccc(Br)cc3)c3ccccc32)c(Cl)c1. The van der Waals surface area contributed by atoms with Gasteiger partial charge in [0, 0.05) is 20.4 Å². The van der Waals surface area contributed by atoms with Gasteiger partial charge in [0.2, 0.25) is 0 Å². The van der Waals surface area contributed by atoms with Crippen LogP contribution in [-0.4, -0.2) is 9.78 Å². The number of para-hydroxylation sites is 1. The highest BCUT2D eigenvalue weighted by Gasteiger charge is 2.17. The molecule has 0 spiro atoms. The molecule has 0 aliphatic carbocycles. The molecule has 0 saturated heterocycles. The first-order chi connectivity index (χ1) is 12.0. The Labute approximate surface area is 168 Å². The minimum atomic E-state index is 0.452. The van der Waals surface area contributed by atoms with Crippen LogP contribution in [0.5, 0.6) is 0 Å². The molecule has 0 saturated carbocycles. The Bertz CT molecular complexity index is 1060. The summed E-state index contributed by atoms with van der Waals surface area (Å²) in [7, 11) is 0. The van der Waals surface area contributed by atoms with E-state index < -0.39 is 0 Å². The zero-order valence-electron chi connectivity index (χ0n) is 12.7. The molecule has 0 unspecified atom stereocenters. The highest BCUT2D eigenvalue weighted by Crippen LogP contribution is 2.36. The zero-order chi connectivity index (χ0) is 17.6. The number of halogens is 4. The van der Waals surface area contributed by atoms with Gasteiger partial charge in [0.1, 0.15) is 11.4 Å². The normalized spacial score (nSPS) is 11.2. The molecule has 0 amide bonds. The summed E-state index contributed by atoms with van der Waals surface area (Å²) in [5.41, 5.74) is 3.42. The Morgan fingerprint density at radius 1 is 0.840 bits per heavy atom. The second-order valence-corrected chi connectivity index (χ2v) is 7.67. The molecule has 4 rings (SSSR count). The van der Waals surface area contributed by atoms with Gasteiger partial charge in [-0.3, -0.25) is 0 Å². The van der Waals surface area contributed by atoms with Gasteiger partial charge in [-0.15, -0.1) is 0 Å².